The van der Waals surface area contributed by atoms with Gasteiger partial charge in [0.2, 0.25) is 0 Å². The van der Waals surface area contributed by atoms with Gasteiger partial charge in [-0.2, -0.15) is 18.2 Å². The third-order valence-electron chi connectivity index (χ3n) is 2.72. The number of halogens is 6. The SMILES string of the molecule is CS(=O)(=O)c1ccc(-c2nc(OC(F)(F)F)c(C(F)(F)F)[nH]2)cc1. The van der Waals surface area contributed by atoms with Crippen LogP contribution in [0.5, 0.6) is 5.88 Å². The fourth-order valence-electron chi connectivity index (χ4n) is 1.73. The van der Waals surface area contributed by atoms with E-state index in [9.17, 15) is 34.8 Å². The van der Waals surface area contributed by atoms with Crippen LogP contribution in [0.25, 0.3) is 11.4 Å². The summed E-state index contributed by atoms with van der Waals surface area (Å²) in [5.74, 6) is -2.22. The second-order valence-electron chi connectivity index (χ2n) is 4.61. The van der Waals surface area contributed by atoms with Crippen molar-refractivity contribution in [3.05, 3.63) is 30.0 Å². The molecule has 0 atom stereocenters. The fraction of sp³-hybridized carbons (Fsp3) is 0.250. The normalized spacial score (nSPS) is 13.1. The van der Waals surface area contributed by atoms with Gasteiger partial charge in [-0.3, -0.25) is 0 Å². The minimum atomic E-state index is -5.35. The highest BCUT2D eigenvalue weighted by atomic mass is 32.2. The Morgan fingerprint density at radius 2 is 1.58 bits per heavy atom. The molecule has 0 aliphatic rings. The summed E-state index contributed by atoms with van der Waals surface area (Å²) >= 11 is 0. The summed E-state index contributed by atoms with van der Waals surface area (Å²) in [7, 11) is -3.54. The highest BCUT2D eigenvalue weighted by Crippen LogP contribution is 2.38. The van der Waals surface area contributed by atoms with E-state index in [0.717, 1.165) is 30.5 Å². The first-order valence-corrected chi connectivity index (χ1v) is 7.90. The number of aromatic amines is 1. The number of alkyl halides is 6. The van der Waals surface area contributed by atoms with Crippen LogP contribution in [0, 0.1) is 0 Å². The molecule has 0 bridgehead atoms. The Kier molecular flexibility index (Phi) is 4.29. The molecule has 12 heteroatoms. The zero-order chi connectivity index (χ0) is 18.3. The molecule has 0 amide bonds. The molecule has 0 radical (unpaired) electrons. The topological polar surface area (TPSA) is 72.1 Å². The maximum Gasteiger partial charge on any atom is 0.574 e. The van der Waals surface area contributed by atoms with E-state index >= 15 is 0 Å². The van der Waals surface area contributed by atoms with Crippen LogP contribution in [0.15, 0.2) is 29.2 Å². The zero-order valence-electron chi connectivity index (χ0n) is 11.7. The molecule has 0 aliphatic heterocycles. The molecule has 0 saturated carbocycles. The summed E-state index contributed by atoms with van der Waals surface area (Å²) in [6.07, 6.45) is -9.59. The number of hydrogen-bond donors (Lipinski definition) is 1. The number of benzene rings is 1. The third kappa shape index (κ3) is 4.19. The number of H-pyrrole nitrogens is 1. The molecule has 0 aliphatic carbocycles. The Labute approximate surface area is 131 Å². The van der Waals surface area contributed by atoms with Crippen molar-refractivity contribution in [2.24, 2.45) is 0 Å². The number of nitrogens with one attached hydrogen (secondary N) is 1. The van der Waals surface area contributed by atoms with Crippen molar-refractivity contribution in [2.75, 3.05) is 6.26 Å². The van der Waals surface area contributed by atoms with Crippen LogP contribution in [0.3, 0.4) is 0 Å². The molecule has 24 heavy (non-hydrogen) atoms. The molecule has 2 aromatic rings. The zero-order valence-corrected chi connectivity index (χ0v) is 12.5. The first-order chi connectivity index (χ1) is 10.8. The van der Waals surface area contributed by atoms with E-state index in [1.54, 1.807) is 4.98 Å². The smallest absolute Gasteiger partial charge is 0.385 e. The van der Waals surface area contributed by atoms with Crippen LogP contribution in [0.4, 0.5) is 26.3 Å². The van der Waals surface area contributed by atoms with E-state index in [4.69, 9.17) is 0 Å². The van der Waals surface area contributed by atoms with Gasteiger partial charge in [-0.25, -0.2) is 8.42 Å². The quantitative estimate of drug-likeness (QED) is 0.836. The second-order valence-corrected chi connectivity index (χ2v) is 6.62. The molecule has 1 aromatic heterocycles. The second kappa shape index (κ2) is 5.69. The van der Waals surface area contributed by atoms with Crippen molar-refractivity contribution in [3.63, 3.8) is 0 Å². The number of sulfone groups is 1. The van der Waals surface area contributed by atoms with Crippen LogP contribution in [0.2, 0.25) is 0 Å². The predicted octanol–water partition coefficient (Wildman–Crippen LogP) is 3.40. The molecule has 0 spiro atoms. The lowest BCUT2D eigenvalue weighted by atomic mass is 10.2. The first kappa shape index (κ1) is 18.1. The highest BCUT2D eigenvalue weighted by Gasteiger charge is 2.42. The van der Waals surface area contributed by atoms with E-state index in [-0.39, 0.29) is 10.5 Å². The van der Waals surface area contributed by atoms with Crippen molar-refractivity contribution in [3.8, 4) is 17.3 Å². The van der Waals surface area contributed by atoms with Gasteiger partial charge >= 0.3 is 12.5 Å². The molecular weight excluding hydrogens is 366 g/mol. The molecule has 1 aromatic carbocycles. The van der Waals surface area contributed by atoms with Crippen LogP contribution in [-0.4, -0.2) is 31.0 Å². The number of rotatable bonds is 3. The van der Waals surface area contributed by atoms with Gasteiger partial charge in [0.15, 0.2) is 15.5 Å². The van der Waals surface area contributed by atoms with Crippen LogP contribution >= 0.6 is 0 Å². The lowest BCUT2D eigenvalue weighted by Gasteiger charge is -2.09. The molecule has 2 rings (SSSR count). The number of ether oxygens (including phenoxy) is 1. The number of aromatic nitrogens is 2. The molecule has 5 nitrogen and oxygen atoms in total. The number of hydrogen-bond acceptors (Lipinski definition) is 4. The summed E-state index contributed by atoms with van der Waals surface area (Å²) in [4.78, 5) is 4.75. The average molecular weight is 374 g/mol. The summed E-state index contributed by atoms with van der Waals surface area (Å²) in [6.45, 7) is 0. The number of nitrogens with zero attached hydrogens (tertiary/aromatic N) is 1. The molecule has 0 fully saturated rings. The van der Waals surface area contributed by atoms with Gasteiger partial charge in [-0.05, 0) is 24.3 Å². The van der Waals surface area contributed by atoms with Crippen molar-refractivity contribution in [1.82, 2.24) is 9.97 Å². The minimum Gasteiger partial charge on any atom is -0.385 e. The van der Waals surface area contributed by atoms with Gasteiger partial charge in [0.25, 0.3) is 5.88 Å². The van der Waals surface area contributed by atoms with Gasteiger partial charge in [0.05, 0.1) is 4.90 Å². The summed E-state index contributed by atoms with van der Waals surface area (Å²) in [5.41, 5.74) is -1.85. The highest BCUT2D eigenvalue weighted by molar-refractivity contribution is 7.90. The van der Waals surface area contributed by atoms with Crippen LogP contribution < -0.4 is 4.74 Å². The van der Waals surface area contributed by atoms with Crippen LogP contribution in [-0.2, 0) is 16.0 Å². The molecule has 0 saturated heterocycles. The largest absolute Gasteiger partial charge is 0.574 e. The molecule has 1 N–H and O–H groups in total. The van der Waals surface area contributed by atoms with Gasteiger partial charge < -0.3 is 9.72 Å². The van der Waals surface area contributed by atoms with Gasteiger partial charge in [0.1, 0.15) is 5.82 Å². The summed E-state index contributed by atoms with van der Waals surface area (Å²) < 4.78 is 101. The van der Waals surface area contributed by atoms with E-state index in [2.05, 4.69) is 9.72 Å². The lowest BCUT2D eigenvalue weighted by Crippen LogP contribution is -2.20. The standard InChI is InChI=1S/C12H8F6N2O3S/c1-24(21,22)7-4-2-6(3-5-7)9-19-8(11(13,14)15)10(20-9)23-12(16,17)18/h2-5H,1H3,(H,19,20). The molecule has 0 unspecified atom stereocenters. The maximum absolute atomic E-state index is 12.8. The summed E-state index contributed by atoms with van der Waals surface area (Å²) in [6, 6.07) is 4.38. The lowest BCUT2D eigenvalue weighted by molar-refractivity contribution is -0.277. The van der Waals surface area contributed by atoms with Crippen molar-refractivity contribution < 1.29 is 39.5 Å². The van der Waals surface area contributed by atoms with E-state index in [1.165, 1.54) is 0 Å². The van der Waals surface area contributed by atoms with Crippen molar-refractivity contribution >= 4 is 9.84 Å². The molecule has 132 valence electrons. The Morgan fingerprint density at radius 1 is 1.04 bits per heavy atom. The maximum atomic E-state index is 12.8. The van der Waals surface area contributed by atoms with Gasteiger partial charge in [0, 0.05) is 11.8 Å². The molecule has 1 heterocycles. The van der Waals surface area contributed by atoms with Crippen LogP contribution in [0.1, 0.15) is 5.69 Å². The van der Waals surface area contributed by atoms with E-state index < -0.39 is 39.8 Å². The Hall–Kier alpha value is -2.24. The van der Waals surface area contributed by atoms with Gasteiger partial charge in [-0.1, -0.05) is 0 Å². The Morgan fingerprint density at radius 3 is 2.00 bits per heavy atom. The van der Waals surface area contributed by atoms with E-state index in [0.29, 0.717) is 0 Å². The third-order valence-corrected chi connectivity index (χ3v) is 3.85. The Balaban J connectivity index is 2.48. The predicted molar refractivity (Wildman–Crippen MR) is 68.8 cm³/mol. The fourth-order valence-corrected chi connectivity index (χ4v) is 2.36. The van der Waals surface area contributed by atoms with E-state index in [1.807, 2.05) is 0 Å². The summed E-state index contributed by atoms with van der Waals surface area (Å²) in [5, 5.41) is 0. The molecular formula is C12H8F6N2O3S. The first-order valence-electron chi connectivity index (χ1n) is 6.01. The van der Waals surface area contributed by atoms with Crippen molar-refractivity contribution in [2.45, 2.75) is 17.4 Å². The number of imidazole rings is 1. The van der Waals surface area contributed by atoms with Gasteiger partial charge in [-0.15, -0.1) is 13.2 Å². The van der Waals surface area contributed by atoms with Crippen molar-refractivity contribution in [1.29, 1.82) is 0 Å². The average Bonchev–Trinajstić information content (AvgIpc) is 2.79. The monoisotopic (exact) mass is 374 g/mol. The minimum absolute atomic E-state index is 0.0510. The Bertz CT molecular complexity index is 837.